The first-order valence-corrected chi connectivity index (χ1v) is 9.35. The molecule has 3 heterocycles. The molecule has 1 aliphatic heterocycles. The summed E-state index contributed by atoms with van der Waals surface area (Å²) in [6, 6.07) is 7.38. The van der Waals surface area contributed by atoms with E-state index >= 15 is 0 Å². The van der Waals surface area contributed by atoms with Crippen LogP contribution in [-0.4, -0.2) is 52.1 Å². The summed E-state index contributed by atoms with van der Waals surface area (Å²) in [4.78, 5) is 25.7. The number of aromatic nitrogens is 3. The largest absolute Gasteiger partial charge is 0.345 e. The molecule has 4 rings (SSSR count). The summed E-state index contributed by atoms with van der Waals surface area (Å²) in [5.74, 6) is 1.04. The minimum absolute atomic E-state index is 0.0297. The molecule has 0 radical (unpaired) electrons. The first kappa shape index (κ1) is 16.7. The number of aryl methyl sites for hydroxylation is 2. The Hall–Kier alpha value is -2.74. The van der Waals surface area contributed by atoms with E-state index in [2.05, 4.69) is 25.4 Å². The number of carbonyl (C=O) groups is 1. The van der Waals surface area contributed by atoms with E-state index in [1.54, 1.807) is 18.3 Å². The minimum atomic E-state index is 0.0297. The van der Waals surface area contributed by atoms with Crippen LogP contribution in [0.5, 0.6) is 0 Å². The van der Waals surface area contributed by atoms with Crippen LogP contribution in [0.15, 0.2) is 34.2 Å². The molecular formula is C18H19N5O2S. The summed E-state index contributed by atoms with van der Waals surface area (Å²) >= 11 is 1.65. The number of benzene rings is 1. The lowest BCUT2D eigenvalue weighted by Crippen LogP contribution is -2.48. The van der Waals surface area contributed by atoms with E-state index in [9.17, 15) is 4.79 Å². The lowest BCUT2D eigenvalue weighted by molar-refractivity contribution is 0.0747. The van der Waals surface area contributed by atoms with Crippen molar-refractivity contribution >= 4 is 22.4 Å². The van der Waals surface area contributed by atoms with Gasteiger partial charge in [0.15, 0.2) is 5.13 Å². The number of thiazole rings is 1. The van der Waals surface area contributed by atoms with Crippen molar-refractivity contribution in [1.82, 2.24) is 20.0 Å². The SMILES string of the molecule is Cc1csc(N2CCN(C(=O)c3cccc(-c4noc(C)n4)c3)CC2)n1. The molecule has 26 heavy (non-hydrogen) atoms. The summed E-state index contributed by atoms with van der Waals surface area (Å²) in [7, 11) is 0. The topological polar surface area (TPSA) is 75.4 Å². The highest BCUT2D eigenvalue weighted by Gasteiger charge is 2.24. The van der Waals surface area contributed by atoms with Gasteiger partial charge in [-0.2, -0.15) is 4.98 Å². The van der Waals surface area contributed by atoms with Crippen molar-refractivity contribution in [3.63, 3.8) is 0 Å². The summed E-state index contributed by atoms with van der Waals surface area (Å²) in [6.07, 6.45) is 0. The van der Waals surface area contributed by atoms with Crippen LogP contribution in [0.2, 0.25) is 0 Å². The Kier molecular flexibility index (Phi) is 4.42. The average Bonchev–Trinajstić information content (AvgIpc) is 3.30. The van der Waals surface area contributed by atoms with Crippen molar-refractivity contribution in [3.8, 4) is 11.4 Å². The summed E-state index contributed by atoms with van der Waals surface area (Å²) in [5, 5.41) is 7.01. The smallest absolute Gasteiger partial charge is 0.253 e. The zero-order valence-electron chi connectivity index (χ0n) is 14.7. The van der Waals surface area contributed by atoms with Crippen molar-refractivity contribution in [1.29, 1.82) is 0 Å². The predicted octanol–water partition coefficient (Wildman–Crippen LogP) is 2.77. The number of rotatable bonds is 3. The van der Waals surface area contributed by atoms with Crippen molar-refractivity contribution in [2.45, 2.75) is 13.8 Å². The van der Waals surface area contributed by atoms with Gasteiger partial charge in [-0.25, -0.2) is 4.98 Å². The third-order valence-electron chi connectivity index (χ3n) is 4.34. The standard InChI is InChI=1S/C18H19N5O2S/c1-12-11-26-18(19-12)23-8-6-22(7-9-23)17(24)15-5-3-4-14(10-15)16-20-13(2)25-21-16/h3-5,10-11H,6-9H2,1-2H3. The van der Waals surface area contributed by atoms with Gasteiger partial charge in [0.05, 0.1) is 5.69 Å². The lowest BCUT2D eigenvalue weighted by Gasteiger charge is -2.34. The van der Waals surface area contributed by atoms with Gasteiger partial charge >= 0.3 is 0 Å². The Labute approximate surface area is 155 Å². The van der Waals surface area contributed by atoms with Crippen molar-refractivity contribution in [3.05, 3.63) is 46.8 Å². The van der Waals surface area contributed by atoms with Gasteiger partial charge in [-0.05, 0) is 19.1 Å². The van der Waals surface area contributed by atoms with Crippen LogP contribution in [0.3, 0.4) is 0 Å². The lowest BCUT2D eigenvalue weighted by atomic mass is 10.1. The number of carbonyl (C=O) groups excluding carboxylic acids is 1. The van der Waals surface area contributed by atoms with E-state index in [0.717, 1.165) is 29.5 Å². The fraction of sp³-hybridized carbons (Fsp3) is 0.333. The maximum Gasteiger partial charge on any atom is 0.253 e. The second-order valence-corrected chi connectivity index (χ2v) is 7.11. The van der Waals surface area contributed by atoms with Gasteiger partial charge in [-0.1, -0.05) is 17.3 Å². The maximum absolute atomic E-state index is 12.9. The Balaban J connectivity index is 1.45. The Morgan fingerprint density at radius 1 is 1.15 bits per heavy atom. The molecule has 3 aromatic rings. The maximum atomic E-state index is 12.9. The van der Waals surface area contributed by atoms with Gasteiger partial charge in [0.2, 0.25) is 11.7 Å². The van der Waals surface area contributed by atoms with Crippen LogP contribution in [-0.2, 0) is 0 Å². The van der Waals surface area contributed by atoms with E-state index in [-0.39, 0.29) is 5.91 Å². The molecule has 134 valence electrons. The molecule has 0 saturated carbocycles. The molecule has 1 saturated heterocycles. The zero-order chi connectivity index (χ0) is 18.1. The molecule has 0 unspecified atom stereocenters. The Morgan fingerprint density at radius 2 is 1.96 bits per heavy atom. The van der Waals surface area contributed by atoms with Crippen LogP contribution < -0.4 is 4.90 Å². The number of anilines is 1. The van der Waals surface area contributed by atoms with Gasteiger partial charge in [-0.15, -0.1) is 11.3 Å². The fourth-order valence-electron chi connectivity index (χ4n) is 2.98. The van der Waals surface area contributed by atoms with Crippen LogP contribution in [0.1, 0.15) is 21.9 Å². The Bertz CT molecular complexity index is 927. The molecule has 1 amide bonds. The second kappa shape index (κ2) is 6.87. The first-order valence-electron chi connectivity index (χ1n) is 8.47. The monoisotopic (exact) mass is 369 g/mol. The second-order valence-electron chi connectivity index (χ2n) is 6.27. The number of hydrogen-bond acceptors (Lipinski definition) is 7. The van der Waals surface area contributed by atoms with Crippen molar-refractivity contribution in [2.75, 3.05) is 31.1 Å². The summed E-state index contributed by atoms with van der Waals surface area (Å²) in [6.45, 7) is 6.70. The van der Waals surface area contributed by atoms with Crippen LogP contribution in [0.25, 0.3) is 11.4 Å². The molecule has 0 N–H and O–H groups in total. The molecule has 0 atom stereocenters. The predicted molar refractivity (Wildman–Crippen MR) is 99.4 cm³/mol. The average molecular weight is 369 g/mol. The molecule has 0 aliphatic carbocycles. The van der Waals surface area contributed by atoms with E-state index < -0.39 is 0 Å². The third-order valence-corrected chi connectivity index (χ3v) is 5.36. The number of amides is 1. The molecule has 1 aliphatic rings. The fourth-order valence-corrected chi connectivity index (χ4v) is 3.84. The molecule has 2 aromatic heterocycles. The van der Waals surface area contributed by atoms with Crippen LogP contribution in [0, 0.1) is 13.8 Å². The van der Waals surface area contributed by atoms with Gasteiger partial charge < -0.3 is 14.3 Å². The number of piperazine rings is 1. The van der Waals surface area contributed by atoms with E-state index in [1.165, 1.54) is 0 Å². The first-order chi connectivity index (χ1) is 12.6. The molecule has 0 bridgehead atoms. The molecule has 1 fully saturated rings. The molecule has 8 heteroatoms. The molecule has 1 aromatic carbocycles. The number of nitrogens with zero attached hydrogens (tertiary/aromatic N) is 5. The van der Waals surface area contributed by atoms with Gasteiger partial charge in [0.1, 0.15) is 0 Å². The quantitative estimate of drug-likeness (QED) is 0.707. The molecule has 7 nitrogen and oxygen atoms in total. The summed E-state index contributed by atoms with van der Waals surface area (Å²) in [5.41, 5.74) is 2.46. The van der Waals surface area contributed by atoms with E-state index in [0.29, 0.717) is 30.4 Å². The summed E-state index contributed by atoms with van der Waals surface area (Å²) < 4.78 is 5.02. The molecular weight excluding hydrogens is 350 g/mol. The van der Waals surface area contributed by atoms with E-state index in [4.69, 9.17) is 4.52 Å². The highest BCUT2D eigenvalue weighted by atomic mass is 32.1. The minimum Gasteiger partial charge on any atom is -0.345 e. The van der Waals surface area contributed by atoms with Crippen molar-refractivity contribution in [2.24, 2.45) is 0 Å². The van der Waals surface area contributed by atoms with Gasteiger partial charge in [0, 0.05) is 49.6 Å². The zero-order valence-corrected chi connectivity index (χ0v) is 15.5. The normalized spacial score (nSPS) is 14.7. The highest BCUT2D eigenvalue weighted by Crippen LogP contribution is 2.23. The van der Waals surface area contributed by atoms with Gasteiger partial charge in [0.25, 0.3) is 5.91 Å². The third kappa shape index (κ3) is 3.32. The van der Waals surface area contributed by atoms with Crippen molar-refractivity contribution < 1.29 is 9.32 Å². The van der Waals surface area contributed by atoms with Crippen LogP contribution >= 0.6 is 11.3 Å². The van der Waals surface area contributed by atoms with E-state index in [1.807, 2.05) is 36.1 Å². The number of hydrogen-bond donors (Lipinski definition) is 0. The Morgan fingerprint density at radius 3 is 2.62 bits per heavy atom. The van der Waals surface area contributed by atoms with Gasteiger partial charge in [-0.3, -0.25) is 4.79 Å². The molecule has 0 spiro atoms. The highest BCUT2D eigenvalue weighted by molar-refractivity contribution is 7.13. The van der Waals surface area contributed by atoms with Crippen LogP contribution in [0.4, 0.5) is 5.13 Å².